The molecule has 4 heteroatoms. The van der Waals surface area contributed by atoms with Crippen LogP contribution >= 0.6 is 0 Å². The summed E-state index contributed by atoms with van der Waals surface area (Å²) in [4.78, 5) is 4.84. The molecule has 0 radical (unpaired) electrons. The van der Waals surface area contributed by atoms with Crippen LogP contribution < -0.4 is 16.2 Å². The number of rotatable bonds is 4. The lowest BCUT2D eigenvalue weighted by Gasteiger charge is -2.28. The van der Waals surface area contributed by atoms with E-state index in [1.807, 2.05) is 12.1 Å². The van der Waals surface area contributed by atoms with Crippen molar-refractivity contribution >= 4 is 11.4 Å². The molecule has 1 aliphatic rings. The zero-order valence-electron chi connectivity index (χ0n) is 14.8. The fourth-order valence-electron chi connectivity index (χ4n) is 2.25. The van der Waals surface area contributed by atoms with Gasteiger partial charge in [-0.05, 0) is 42.9 Å². The van der Waals surface area contributed by atoms with Gasteiger partial charge in [-0.2, -0.15) is 0 Å². The number of nitrogens with one attached hydrogen (secondary N) is 3. The van der Waals surface area contributed by atoms with Gasteiger partial charge in [0.25, 0.3) is 0 Å². The predicted octanol–water partition coefficient (Wildman–Crippen LogP) is 3.99. The number of hydrogen-bond donors (Lipinski definition) is 3. The number of anilines is 1. The first-order valence-corrected chi connectivity index (χ1v) is 8.20. The summed E-state index contributed by atoms with van der Waals surface area (Å²) in [6.07, 6.45) is 0. The molecule has 2 rings (SSSR count). The summed E-state index contributed by atoms with van der Waals surface area (Å²) < 4.78 is 0. The number of aryl methyl sites for hydroxylation is 1. The van der Waals surface area contributed by atoms with Crippen LogP contribution in [0.15, 0.2) is 52.9 Å². The molecule has 0 saturated carbocycles. The number of hydrogen-bond acceptors (Lipinski definition) is 4. The van der Waals surface area contributed by atoms with Crippen molar-refractivity contribution in [1.82, 2.24) is 10.9 Å². The maximum absolute atomic E-state index is 4.84. The zero-order valence-corrected chi connectivity index (χ0v) is 14.8. The Bertz CT molecular complexity index is 641. The minimum Gasteiger partial charge on any atom is -0.338 e. The van der Waals surface area contributed by atoms with Gasteiger partial charge in [-0.1, -0.05) is 45.5 Å². The van der Waals surface area contributed by atoms with E-state index in [1.165, 1.54) is 5.56 Å². The van der Waals surface area contributed by atoms with E-state index in [4.69, 9.17) is 4.99 Å². The summed E-state index contributed by atoms with van der Waals surface area (Å²) in [6, 6.07) is 8.23. The Morgan fingerprint density at radius 1 is 1.35 bits per heavy atom. The first kappa shape index (κ1) is 17.3. The number of allylic oxidation sites excluding steroid dienone is 1. The van der Waals surface area contributed by atoms with Crippen LogP contribution in [0.25, 0.3) is 0 Å². The van der Waals surface area contributed by atoms with Crippen molar-refractivity contribution in [3.63, 3.8) is 0 Å². The summed E-state index contributed by atoms with van der Waals surface area (Å²) in [6.45, 7) is 15.7. The highest BCUT2D eigenvalue weighted by Crippen LogP contribution is 2.25. The molecule has 1 fully saturated rings. The molecule has 1 aliphatic heterocycles. The molecule has 1 unspecified atom stereocenters. The van der Waals surface area contributed by atoms with E-state index in [9.17, 15) is 0 Å². The summed E-state index contributed by atoms with van der Waals surface area (Å²) in [5, 5.41) is 3.48. The average molecular weight is 312 g/mol. The highest BCUT2D eigenvalue weighted by molar-refractivity contribution is 5.85. The van der Waals surface area contributed by atoms with Crippen LogP contribution in [0.2, 0.25) is 0 Å². The monoisotopic (exact) mass is 312 g/mol. The number of para-hydroxylation sites is 1. The van der Waals surface area contributed by atoms with E-state index in [0.29, 0.717) is 11.8 Å². The second kappa shape index (κ2) is 7.47. The van der Waals surface area contributed by atoms with Crippen molar-refractivity contribution in [1.29, 1.82) is 0 Å². The summed E-state index contributed by atoms with van der Waals surface area (Å²) in [5.74, 6) is 1.58. The Kier molecular flexibility index (Phi) is 5.61. The topological polar surface area (TPSA) is 48.5 Å². The van der Waals surface area contributed by atoms with E-state index in [2.05, 4.69) is 69.5 Å². The molecular weight excluding hydrogens is 284 g/mol. The average Bonchev–Trinajstić information content (AvgIpc) is 2.51. The molecule has 1 heterocycles. The van der Waals surface area contributed by atoms with Gasteiger partial charge in [0.1, 0.15) is 0 Å². The maximum Gasteiger partial charge on any atom is 0.155 e. The lowest BCUT2D eigenvalue weighted by atomic mass is 9.98. The Labute approximate surface area is 139 Å². The van der Waals surface area contributed by atoms with Gasteiger partial charge in [-0.3, -0.25) is 0 Å². The van der Waals surface area contributed by atoms with Gasteiger partial charge in [0.2, 0.25) is 0 Å². The van der Waals surface area contributed by atoms with Crippen LogP contribution in [0, 0.1) is 18.8 Å². The zero-order chi connectivity index (χ0) is 17.0. The lowest BCUT2D eigenvalue weighted by Crippen LogP contribution is -2.43. The number of nitrogens with zero attached hydrogens (tertiary/aromatic N) is 1. The van der Waals surface area contributed by atoms with Crippen LogP contribution in [0.5, 0.6) is 0 Å². The van der Waals surface area contributed by atoms with E-state index in [-0.39, 0.29) is 0 Å². The number of hydrazine groups is 1. The molecule has 23 heavy (non-hydrogen) atoms. The summed E-state index contributed by atoms with van der Waals surface area (Å²) >= 11 is 0. The molecule has 124 valence electrons. The normalized spacial score (nSPS) is 21.2. The first-order valence-electron chi connectivity index (χ1n) is 8.20. The molecule has 1 aromatic rings. The van der Waals surface area contributed by atoms with Gasteiger partial charge in [0.15, 0.2) is 5.82 Å². The molecule has 4 nitrogen and oxygen atoms in total. The van der Waals surface area contributed by atoms with Crippen LogP contribution in [-0.2, 0) is 0 Å². The van der Waals surface area contributed by atoms with Gasteiger partial charge in [-0.25, -0.2) is 10.4 Å². The minimum atomic E-state index is 0.370. The van der Waals surface area contributed by atoms with Gasteiger partial charge < -0.3 is 10.7 Å². The van der Waals surface area contributed by atoms with E-state index in [0.717, 1.165) is 35.0 Å². The number of benzene rings is 1. The van der Waals surface area contributed by atoms with Crippen LogP contribution in [0.4, 0.5) is 5.69 Å². The largest absolute Gasteiger partial charge is 0.338 e. The quantitative estimate of drug-likeness (QED) is 0.737. The Morgan fingerprint density at radius 2 is 2.04 bits per heavy atom. The van der Waals surface area contributed by atoms with Crippen molar-refractivity contribution < 1.29 is 0 Å². The van der Waals surface area contributed by atoms with E-state index < -0.39 is 0 Å². The third-order valence-corrected chi connectivity index (χ3v) is 4.30. The van der Waals surface area contributed by atoms with Crippen molar-refractivity contribution in [2.24, 2.45) is 16.8 Å². The molecule has 1 atom stereocenters. The van der Waals surface area contributed by atoms with Crippen molar-refractivity contribution in [3.05, 3.63) is 53.5 Å². The maximum atomic E-state index is 4.84. The number of aliphatic imine (C=N–C) groups is 1. The van der Waals surface area contributed by atoms with Crippen molar-refractivity contribution in [2.45, 2.75) is 34.6 Å². The molecule has 1 saturated heterocycles. The van der Waals surface area contributed by atoms with E-state index in [1.54, 1.807) is 0 Å². The molecule has 0 amide bonds. The second-order valence-electron chi connectivity index (χ2n) is 6.50. The Hall–Kier alpha value is -2.07. The third-order valence-electron chi connectivity index (χ3n) is 4.30. The first-order chi connectivity index (χ1) is 10.9. The van der Waals surface area contributed by atoms with Gasteiger partial charge in [-0.15, -0.1) is 0 Å². The van der Waals surface area contributed by atoms with Crippen molar-refractivity contribution in [2.75, 3.05) is 11.9 Å². The molecular formula is C19H28N4. The van der Waals surface area contributed by atoms with Crippen LogP contribution in [0.3, 0.4) is 0 Å². The second-order valence-corrected chi connectivity index (χ2v) is 6.50. The Balaban J connectivity index is 2.46. The van der Waals surface area contributed by atoms with Gasteiger partial charge in [0.05, 0.1) is 5.70 Å². The lowest BCUT2D eigenvalue weighted by molar-refractivity contribution is 0.474. The standard InChI is InChI=1S/C19H28N4/c1-12(2)16(6)21-19(18-15(5)14(4)11-20-23-18)22-17-10-8-7-9-13(17)3/h7-10,12,14,20,22-23H,5,11H2,1-4,6H3/b19-18-,21-16-. The molecule has 0 spiro atoms. The third kappa shape index (κ3) is 4.23. The van der Waals surface area contributed by atoms with E-state index >= 15 is 0 Å². The molecule has 0 aromatic heterocycles. The minimum absolute atomic E-state index is 0.370. The fourth-order valence-corrected chi connectivity index (χ4v) is 2.25. The molecule has 0 aliphatic carbocycles. The van der Waals surface area contributed by atoms with Crippen LogP contribution in [0.1, 0.15) is 33.3 Å². The highest BCUT2D eigenvalue weighted by atomic mass is 15.4. The SMILES string of the molecule is C=C1/C(=C(\N=C(\C)C(C)C)Nc2ccccc2C)NNCC1C. The van der Waals surface area contributed by atoms with Gasteiger partial charge >= 0.3 is 0 Å². The molecule has 0 bridgehead atoms. The Morgan fingerprint density at radius 3 is 2.70 bits per heavy atom. The predicted molar refractivity (Wildman–Crippen MR) is 99.2 cm³/mol. The van der Waals surface area contributed by atoms with Crippen molar-refractivity contribution in [3.8, 4) is 0 Å². The van der Waals surface area contributed by atoms with Gasteiger partial charge in [0, 0.05) is 17.9 Å². The fraction of sp³-hybridized carbons (Fsp3) is 0.421. The smallest absolute Gasteiger partial charge is 0.155 e. The van der Waals surface area contributed by atoms with Crippen LogP contribution in [-0.4, -0.2) is 12.3 Å². The molecule has 1 aromatic carbocycles. The molecule has 3 N–H and O–H groups in total. The summed E-state index contributed by atoms with van der Waals surface area (Å²) in [7, 11) is 0. The summed E-state index contributed by atoms with van der Waals surface area (Å²) in [5.41, 5.74) is 11.8. The highest BCUT2D eigenvalue weighted by Gasteiger charge is 2.21.